The quantitative estimate of drug-likeness (QED) is 0.714. The number of alkyl halides is 2. The maximum Gasteiger partial charge on any atom is 0.318 e. The second-order valence-electron chi connectivity index (χ2n) is 4.26. The fourth-order valence-electron chi connectivity index (χ4n) is 1.92. The molecule has 0 spiro atoms. The van der Waals surface area contributed by atoms with Gasteiger partial charge in [0.05, 0.1) is 12.6 Å². The van der Waals surface area contributed by atoms with Gasteiger partial charge in [-0.2, -0.15) is 0 Å². The number of nitrogens with one attached hydrogen (secondary N) is 1. The topological polar surface area (TPSA) is 78.7 Å². The van der Waals surface area contributed by atoms with E-state index in [1.807, 2.05) is 10.2 Å². The van der Waals surface area contributed by atoms with Gasteiger partial charge in [0.25, 0.3) is 6.43 Å². The van der Waals surface area contributed by atoms with Gasteiger partial charge in [-0.3, -0.25) is 19.9 Å². The highest BCUT2D eigenvalue weighted by Crippen LogP contribution is 2.08. The zero-order valence-electron chi connectivity index (χ0n) is 10.2. The molecule has 104 valence electrons. The summed E-state index contributed by atoms with van der Waals surface area (Å²) < 4.78 is 24.4. The number of hydrogen-bond acceptors (Lipinski definition) is 4. The molecule has 0 radical (unpaired) electrons. The largest absolute Gasteiger partial charge is 0.351 e. The van der Waals surface area contributed by atoms with E-state index in [-0.39, 0.29) is 6.54 Å². The summed E-state index contributed by atoms with van der Waals surface area (Å²) in [7, 11) is 0. The molecule has 1 unspecified atom stereocenters. The SMILES string of the molecule is CC(C(=O)NC(N)=O)N1CCN(CC(F)F)CC1. The van der Waals surface area contributed by atoms with E-state index >= 15 is 0 Å². The lowest BCUT2D eigenvalue weighted by molar-refractivity contribution is -0.125. The number of rotatable bonds is 4. The van der Waals surface area contributed by atoms with Crippen LogP contribution in [-0.2, 0) is 4.79 Å². The van der Waals surface area contributed by atoms with E-state index < -0.39 is 24.4 Å². The van der Waals surface area contributed by atoms with Crippen LogP contribution in [0.25, 0.3) is 0 Å². The minimum atomic E-state index is -2.34. The van der Waals surface area contributed by atoms with E-state index in [9.17, 15) is 18.4 Å². The number of primary amides is 1. The van der Waals surface area contributed by atoms with Crippen LogP contribution >= 0.6 is 0 Å². The van der Waals surface area contributed by atoms with E-state index in [2.05, 4.69) is 0 Å². The first-order valence-corrected chi connectivity index (χ1v) is 5.75. The van der Waals surface area contributed by atoms with Crippen LogP contribution in [-0.4, -0.2) is 66.9 Å². The Morgan fingerprint density at radius 2 is 1.83 bits per heavy atom. The van der Waals surface area contributed by atoms with Crippen LogP contribution in [0.2, 0.25) is 0 Å². The summed E-state index contributed by atoms with van der Waals surface area (Å²) >= 11 is 0. The number of piperazine rings is 1. The van der Waals surface area contributed by atoms with Gasteiger partial charge in [0.2, 0.25) is 5.91 Å². The number of halogens is 2. The van der Waals surface area contributed by atoms with Crippen molar-refractivity contribution in [3.05, 3.63) is 0 Å². The number of urea groups is 1. The predicted octanol–water partition coefficient (Wildman–Crippen LogP) is -0.547. The predicted molar refractivity (Wildman–Crippen MR) is 61.2 cm³/mol. The molecule has 0 aromatic rings. The number of imide groups is 1. The van der Waals surface area contributed by atoms with Crippen molar-refractivity contribution in [2.24, 2.45) is 5.73 Å². The summed E-state index contributed by atoms with van der Waals surface area (Å²) in [6.45, 7) is 3.41. The first kappa shape index (κ1) is 14.8. The molecule has 1 heterocycles. The monoisotopic (exact) mass is 264 g/mol. The molecule has 3 N–H and O–H groups in total. The van der Waals surface area contributed by atoms with Crippen LogP contribution < -0.4 is 11.1 Å². The summed E-state index contributed by atoms with van der Waals surface area (Å²) in [6.07, 6.45) is -2.34. The number of nitrogens with zero attached hydrogens (tertiary/aromatic N) is 2. The lowest BCUT2D eigenvalue weighted by Gasteiger charge is -2.37. The molecule has 1 saturated heterocycles. The van der Waals surface area contributed by atoms with E-state index in [0.29, 0.717) is 26.2 Å². The van der Waals surface area contributed by atoms with Crippen LogP contribution in [0.15, 0.2) is 0 Å². The Kier molecular flexibility index (Phi) is 5.42. The molecule has 1 aliphatic heterocycles. The third-order valence-electron chi connectivity index (χ3n) is 2.98. The minimum Gasteiger partial charge on any atom is -0.351 e. The van der Waals surface area contributed by atoms with Gasteiger partial charge in [-0.05, 0) is 6.92 Å². The second kappa shape index (κ2) is 6.60. The zero-order valence-corrected chi connectivity index (χ0v) is 10.2. The smallest absolute Gasteiger partial charge is 0.318 e. The molecular weight excluding hydrogens is 246 g/mol. The Balaban J connectivity index is 2.37. The third kappa shape index (κ3) is 4.53. The van der Waals surface area contributed by atoms with Crippen molar-refractivity contribution in [2.45, 2.75) is 19.4 Å². The van der Waals surface area contributed by atoms with Gasteiger partial charge in [-0.1, -0.05) is 0 Å². The number of nitrogens with two attached hydrogens (primary N) is 1. The number of amides is 3. The Morgan fingerprint density at radius 1 is 1.28 bits per heavy atom. The maximum atomic E-state index is 12.2. The van der Waals surface area contributed by atoms with Gasteiger partial charge >= 0.3 is 6.03 Å². The Bertz CT molecular complexity index is 306. The molecule has 1 rings (SSSR count). The fraction of sp³-hybridized carbons (Fsp3) is 0.800. The summed E-state index contributed by atoms with van der Waals surface area (Å²) in [6, 6.07) is -1.38. The Morgan fingerprint density at radius 3 is 2.28 bits per heavy atom. The number of carbonyl (C=O) groups is 2. The molecule has 6 nitrogen and oxygen atoms in total. The van der Waals surface area contributed by atoms with Crippen LogP contribution in [0.5, 0.6) is 0 Å². The molecular formula is C10H18F2N4O2. The molecule has 0 aromatic carbocycles. The first-order chi connectivity index (χ1) is 8.40. The van der Waals surface area contributed by atoms with Gasteiger partial charge in [-0.25, -0.2) is 13.6 Å². The number of carbonyl (C=O) groups excluding carboxylic acids is 2. The standard InChI is InChI=1S/C10H18F2N4O2/c1-7(9(17)14-10(13)18)16-4-2-15(3-5-16)6-8(11)12/h7-8H,2-6H2,1H3,(H3,13,14,17,18). The van der Waals surface area contributed by atoms with Crippen molar-refractivity contribution >= 4 is 11.9 Å². The fourth-order valence-corrected chi connectivity index (χ4v) is 1.92. The van der Waals surface area contributed by atoms with Crippen molar-refractivity contribution in [3.63, 3.8) is 0 Å². The van der Waals surface area contributed by atoms with Crippen molar-refractivity contribution in [3.8, 4) is 0 Å². The molecule has 0 aliphatic carbocycles. The zero-order chi connectivity index (χ0) is 13.7. The Hall–Kier alpha value is -1.28. The van der Waals surface area contributed by atoms with Crippen molar-refractivity contribution in [1.29, 1.82) is 0 Å². The Labute approximate surface area is 104 Å². The summed E-state index contributed by atoms with van der Waals surface area (Å²) in [4.78, 5) is 25.6. The first-order valence-electron chi connectivity index (χ1n) is 5.75. The van der Waals surface area contributed by atoms with Gasteiger partial charge in [-0.15, -0.1) is 0 Å². The van der Waals surface area contributed by atoms with Crippen molar-refractivity contribution < 1.29 is 18.4 Å². The molecule has 3 amide bonds. The van der Waals surface area contributed by atoms with E-state index in [0.717, 1.165) is 0 Å². The number of hydrogen-bond donors (Lipinski definition) is 2. The summed E-state index contributed by atoms with van der Waals surface area (Å²) in [5, 5.41) is 2.01. The van der Waals surface area contributed by atoms with Gasteiger partial charge in [0, 0.05) is 26.2 Å². The third-order valence-corrected chi connectivity index (χ3v) is 2.98. The van der Waals surface area contributed by atoms with Crippen LogP contribution in [0.3, 0.4) is 0 Å². The van der Waals surface area contributed by atoms with Crippen LogP contribution in [0, 0.1) is 0 Å². The second-order valence-corrected chi connectivity index (χ2v) is 4.26. The van der Waals surface area contributed by atoms with E-state index in [1.54, 1.807) is 11.8 Å². The average molecular weight is 264 g/mol. The lowest BCUT2D eigenvalue weighted by Crippen LogP contribution is -2.55. The molecule has 1 atom stereocenters. The molecule has 0 saturated carbocycles. The van der Waals surface area contributed by atoms with Crippen LogP contribution in [0.1, 0.15) is 6.92 Å². The highest BCUT2D eigenvalue weighted by atomic mass is 19.3. The summed E-state index contributed by atoms with van der Waals surface area (Å²) in [5.74, 6) is -0.468. The van der Waals surface area contributed by atoms with Gasteiger partial charge < -0.3 is 5.73 Å². The van der Waals surface area contributed by atoms with Crippen molar-refractivity contribution in [1.82, 2.24) is 15.1 Å². The molecule has 1 fully saturated rings. The molecule has 18 heavy (non-hydrogen) atoms. The minimum absolute atomic E-state index is 0.240. The highest BCUT2D eigenvalue weighted by molar-refractivity contribution is 5.96. The molecule has 1 aliphatic rings. The highest BCUT2D eigenvalue weighted by Gasteiger charge is 2.26. The average Bonchev–Trinajstić information content (AvgIpc) is 2.27. The molecule has 0 bridgehead atoms. The van der Waals surface area contributed by atoms with E-state index in [4.69, 9.17) is 5.73 Å². The molecule has 0 aromatic heterocycles. The van der Waals surface area contributed by atoms with Gasteiger partial charge in [0.15, 0.2) is 0 Å². The summed E-state index contributed by atoms with van der Waals surface area (Å²) in [5.41, 5.74) is 4.86. The van der Waals surface area contributed by atoms with E-state index in [1.165, 1.54) is 0 Å². The lowest BCUT2D eigenvalue weighted by atomic mass is 10.2. The molecule has 8 heteroatoms. The maximum absolute atomic E-state index is 12.2. The van der Waals surface area contributed by atoms with Crippen LogP contribution in [0.4, 0.5) is 13.6 Å². The normalized spacial score (nSPS) is 19.8. The van der Waals surface area contributed by atoms with Gasteiger partial charge in [0.1, 0.15) is 0 Å². The van der Waals surface area contributed by atoms with Crippen molar-refractivity contribution in [2.75, 3.05) is 32.7 Å².